The number of aliphatic hydroxyl groups excluding tert-OH is 1. The molecule has 0 bridgehead atoms. The molecule has 0 saturated heterocycles. The zero-order chi connectivity index (χ0) is 13.2. The van der Waals surface area contributed by atoms with Crippen molar-refractivity contribution in [2.45, 2.75) is 25.3 Å². The van der Waals surface area contributed by atoms with Crippen molar-refractivity contribution in [1.82, 2.24) is 9.88 Å². The predicted molar refractivity (Wildman–Crippen MR) is 73.8 cm³/mol. The number of hydrogen-bond acceptors (Lipinski definition) is 2. The molecule has 1 fully saturated rings. The van der Waals surface area contributed by atoms with Crippen molar-refractivity contribution in [3.63, 3.8) is 0 Å². The molecule has 1 aromatic carbocycles. The van der Waals surface area contributed by atoms with Gasteiger partial charge in [0.15, 0.2) is 0 Å². The van der Waals surface area contributed by atoms with E-state index in [0.717, 1.165) is 29.3 Å². The van der Waals surface area contributed by atoms with E-state index in [2.05, 4.69) is 4.98 Å². The second-order valence-corrected chi connectivity index (χ2v) is 5.08. The van der Waals surface area contributed by atoms with E-state index in [1.165, 1.54) is 0 Å². The fourth-order valence-corrected chi connectivity index (χ4v) is 2.55. The van der Waals surface area contributed by atoms with Crippen molar-refractivity contribution in [1.29, 1.82) is 0 Å². The average molecular weight is 258 g/mol. The van der Waals surface area contributed by atoms with E-state index in [1.54, 1.807) is 0 Å². The molecule has 100 valence electrons. The van der Waals surface area contributed by atoms with Gasteiger partial charge in [0.2, 0.25) is 5.91 Å². The Bertz CT molecular complexity index is 587. The quantitative estimate of drug-likeness (QED) is 0.857. The number of nitrogens with one attached hydrogen (secondary N) is 1. The Kier molecular flexibility index (Phi) is 3.25. The van der Waals surface area contributed by atoms with Crippen LogP contribution in [0.15, 0.2) is 30.5 Å². The lowest BCUT2D eigenvalue weighted by atomic mass is 10.1. The zero-order valence-electron chi connectivity index (χ0n) is 10.8. The van der Waals surface area contributed by atoms with Crippen LogP contribution in [0.5, 0.6) is 0 Å². The SMILES string of the molecule is O=C(Cc1c[nH]c2ccccc12)N(CCO)C1CC1. The maximum atomic E-state index is 12.3. The van der Waals surface area contributed by atoms with Gasteiger partial charge >= 0.3 is 0 Å². The van der Waals surface area contributed by atoms with Crippen LogP contribution in [0.1, 0.15) is 18.4 Å². The third-order valence-electron chi connectivity index (χ3n) is 3.67. The minimum Gasteiger partial charge on any atom is -0.395 e. The third kappa shape index (κ3) is 2.49. The second kappa shape index (κ2) is 5.05. The Labute approximate surface area is 112 Å². The summed E-state index contributed by atoms with van der Waals surface area (Å²) in [6, 6.07) is 8.35. The Morgan fingerprint density at radius 3 is 2.89 bits per heavy atom. The Morgan fingerprint density at radius 1 is 1.37 bits per heavy atom. The molecule has 4 nitrogen and oxygen atoms in total. The molecule has 1 amide bonds. The first kappa shape index (κ1) is 12.2. The monoisotopic (exact) mass is 258 g/mol. The molecule has 0 atom stereocenters. The van der Waals surface area contributed by atoms with Gasteiger partial charge < -0.3 is 15.0 Å². The van der Waals surface area contributed by atoms with Crippen LogP contribution in [0.3, 0.4) is 0 Å². The highest BCUT2D eigenvalue weighted by atomic mass is 16.3. The Morgan fingerprint density at radius 2 is 2.16 bits per heavy atom. The van der Waals surface area contributed by atoms with Crippen LogP contribution in [0.25, 0.3) is 10.9 Å². The molecule has 0 radical (unpaired) electrons. The Balaban J connectivity index is 1.78. The highest BCUT2D eigenvalue weighted by Gasteiger charge is 2.32. The maximum Gasteiger partial charge on any atom is 0.227 e. The number of para-hydroxylation sites is 1. The summed E-state index contributed by atoms with van der Waals surface area (Å²) in [5, 5.41) is 10.2. The predicted octanol–water partition coefficient (Wildman–Crippen LogP) is 1.69. The first-order valence-electron chi connectivity index (χ1n) is 6.75. The Hall–Kier alpha value is -1.81. The molecule has 1 aliphatic carbocycles. The number of amides is 1. The minimum absolute atomic E-state index is 0.0378. The number of rotatable bonds is 5. The molecule has 2 aromatic rings. The van der Waals surface area contributed by atoms with E-state index in [4.69, 9.17) is 5.11 Å². The number of aromatic amines is 1. The van der Waals surface area contributed by atoms with Crippen LogP contribution in [0.4, 0.5) is 0 Å². The van der Waals surface area contributed by atoms with Crippen LogP contribution in [0, 0.1) is 0 Å². The molecule has 19 heavy (non-hydrogen) atoms. The summed E-state index contributed by atoms with van der Waals surface area (Å²) in [6.07, 6.45) is 4.45. The normalized spacial score (nSPS) is 14.8. The molecule has 0 unspecified atom stereocenters. The van der Waals surface area contributed by atoms with Crippen LogP contribution < -0.4 is 0 Å². The zero-order valence-corrected chi connectivity index (χ0v) is 10.8. The van der Waals surface area contributed by atoms with Gasteiger partial charge in [0, 0.05) is 29.7 Å². The topological polar surface area (TPSA) is 56.3 Å². The van der Waals surface area contributed by atoms with Crippen molar-refractivity contribution in [3.8, 4) is 0 Å². The van der Waals surface area contributed by atoms with Gasteiger partial charge in [-0.25, -0.2) is 0 Å². The van der Waals surface area contributed by atoms with Crippen molar-refractivity contribution < 1.29 is 9.90 Å². The first-order valence-corrected chi connectivity index (χ1v) is 6.75. The fourth-order valence-electron chi connectivity index (χ4n) is 2.55. The van der Waals surface area contributed by atoms with Crippen LogP contribution in [-0.2, 0) is 11.2 Å². The van der Waals surface area contributed by atoms with Crippen LogP contribution >= 0.6 is 0 Å². The lowest BCUT2D eigenvalue weighted by Gasteiger charge is -2.21. The van der Waals surface area contributed by atoms with Crippen molar-refractivity contribution in [2.75, 3.05) is 13.2 Å². The van der Waals surface area contributed by atoms with Gasteiger partial charge in [0.05, 0.1) is 13.0 Å². The number of carbonyl (C=O) groups excluding carboxylic acids is 1. The van der Waals surface area contributed by atoms with Gasteiger partial charge in [-0.1, -0.05) is 18.2 Å². The van der Waals surface area contributed by atoms with Gasteiger partial charge in [-0.15, -0.1) is 0 Å². The van der Waals surface area contributed by atoms with Gasteiger partial charge in [0.25, 0.3) is 0 Å². The fraction of sp³-hybridized carbons (Fsp3) is 0.400. The van der Waals surface area contributed by atoms with Gasteiger partial charge in [-0.2, -0.15) is 0 Å². The summed E-state index contributed by atoms with van der Waals surface area (Å²) in [5.41, 5.74) is 2.09. The average Bonchev–Trinajstić information content (AvgIpc) is 3.19. The van der Waals surface area contributed by atoms with E-state index in [9.17, 15) is 4.79 Å². The molecule has 2 N–H and O–H groups in total. The van der Waals surface area contributed by atoms with E-state index in [0.29, 0.717) is 19.0 Å². The van der Waals surface area contributed by atoms with Crippen molar-refractivity contribution >= 4 is 16.8 Å². The van der Waals surface area contributed by atoms with Crippen molar-refractivity contribution in [3.05, 3.63) is 36.0 Å². The number of H-pyrrole nitrogens is 1. The molecule has 1 aliphatic rings. The van der Waals surface area contributed by atoms with Gasteiger partial charge in [-0.3, -0.25) is 4.79 Å². The number of aliphatic hydroxyl groups is 1. The molecule has 1 aromatic heterocycles. The molecule has 4 heteroatoms. The minimum atomic E-state index is 0.0378. The summed E-state index contributed by atoms with van der Waals surface area (Å²) in [7, 11) is 0. The van der Waals surface area contributed by atoms with E-state index in [-0.39, 0.29) is 12.5 Å². The molecule has 0 aliphatic heterocycles. The lowest BCUT2D eigenvalue weighted by Crippen LogP contribution is -2.36. The van der Waals surface area contributed by atoms with Gasteiger partial charge in [-0.05, 0) is 24.5 Å². The first-order chi connectivity index (χ1) is 9.29. The smallest absolute Gasteiger partial charge is 0.227 e. The number of hydrogen-bond donors (Lipinski definition) is 2. The number of nitrogens with zero attached hydrogens (tertiary/aromatic N) is 1. The number of carbonyl (C=O) groups is 1. The highest BCUT2D eigenvalue weighted by molar-refractivity contribution is 5.89. The number of aromatic nitrogens is 1. The van der Waals surface area contributed by atoms with Crippen LogP contribution in [-0.4, -0.2) is 40.1 Å². The summed E-state index contributed by atoms with van der Waals surface area (Å²) in [6.45, 7) is 0.488. The van der Waals surface area contributed by atoms with E-state index < -0.39 is 0 Å². The van der Waals surface area contributed by atoms with Gasteiger partial charge in [0.1, 0.15) is 0 Å². The standard InChI is InChI=1S/C15H18N2O2/c18-8-7-17(12-5-6-12)15(19)9-11-10-16-14-4-2-1-3-13(11)14/h1-4,10,12,16,18H,5-9H2. The molecular weight excluding hydrogens is 240 g/mol. The number of benzene rings is 1. The molecule has 1 saturated carbocycles. The highest BCUT2D eigenvalue weighted by Crippen LogP contribution is 2.28. The molecule has 0 spiro atoms. The summed E-state index contributed by atoms with van der Waals surface area (Å²) < 4.78 is 0. The lowest BCUT2D eigenvalue weighted by molar-refractivity contribution is -0.131. The van der Waals surface area contributed by atoms with Crippen LogP contribution in [0.2, 0.25) is 0 Å². The molecule has 1 heterocycles. The van der Waals surface area contributed by atoms with E-state index in [1.807, 2.05) is 35.4 Å². The second-order valence-electron chi connectivity index (χ2n) is 5.08. The number of fused-ring (bicyclic) bond motifs is 1. The summed E-state index contributed by atoms with van der Waals surface area (Å²) in [5.74, 6) is 0.112. The van der Waals surface area contributed by atoms with E-state index >= 15 is 0 Å². The molecular formula is C15H18N2O2. The largest absolute Gasteiger partial charge is 0.395 e. The maximum absolute atomic E-state index is 12.3. The third-order valence-corrected chi connectivity index (χ3v) is 3.67. The summed E-state index contributed by atoms with van der Waals surface area (Å²) in [4.78, 5) is 17.3. The summed E-state index contributed by atoms with van der Waals surface area (Å²) >= 11 is 0. The van der Waals surface area contributed by atoms with Crippen molar-refractivity contribution in [2.24, 2.45) is 0 Å². The molecule has 3 rings (SSSR count).